The molecule has 7 heteroatoms. The fourth-order valence-corrected chi connectivity index (χ4v) is 2.31. The molecule has 110 valence electrons. The number of carbonyl (C=O) groups excluding carboxylic acids is 1. The maximum absolute atomic E-state index is 13.1. The number of aliphatic carboxylic acids is 1. The lowest BCUT2D eigenvalue weighted by Crippen LogP contribution is -2.52. The second-order valence-corrected chi connectivity index (χ2v) is 4.72. The maximum Gasteiger partial charge on any atom is 0.328 e. The van der Waals surface area contributed by atoms with Gasteiger partial charge in [-0.25, -0.2) is 9.18 Å². The number of benzene rings is 1. The first-order valence-corrected chi connectivity index (χ1v) is 6.37. The number of carboxylic acid groups (broad SMARTS) is 1. The van der Waals surface area contributed by atoms with Crippen LogP contribution >= 0.6 is 0 Å². The van der Waals surface area contributed by atoms with Crippen LogP contribution < -0.4 is 0 Å². The molecule has 3 rings (SSSR count). The van der Waals surface area contributed by atoms with Crippen LogP contribution in [0, 0.1) is 5.82 Å². The number of ether oxygens (including phenoxy) is 1. The van der Waals surface area contributed by atoms with Gasteiger partial charge >= 0.3 is 5.97 Å². The van der Waals surface area contributed by atoms with Gasteiger partial charge in [0.2, 0.25) is 0 Å². The van der Waals surface area contributed by atoms with Crippen molar-refractivity contribution in [2.24, 2.45) is 0 Å². The quantitative estimate of drug-likeness (QED) is 0.907. The van der Waals surface area contributed by atoms with Crippen molar-refractivity contribution in [3.63, 3.8) is 0 Å². The zero-order valence-electron chi connectivity index (χ0n) is 10.9. The molecule has 1 aliphatic heterocycles. The number of furan rings is 1. The van der Waals surface area contributed by atoms with Crippen molar-refractivity contribution in [1.29, 1.82) is 0 Å². The van der Waals surface area contributed by atoms with Crippen LogP contribution in [0.4, 0.5) is 4.39 Å². The van der Waals surface area contributed by atoms with Gasteiger partial charge in [0, 0.05) is 11.9 Å². The molecule has 1 N–H and O–H groups in total. The van der Waals surface area contributed by atoms with Crippen LogP contribution in [0.2, 0.25) is 0 Å². The summed E-state index contributed by atoms with van der Waals surface area (Å²) in [6.07, 6.45) is 0. The predicted octanol–water partition coefficient (Wildman–Crippen LogP) is 1.50. The van der Waals surface area contributed by atoms with Crippen LogP contribution in [0.1, 0.15) is 10.6 Å². The Morgan fingerprint density at radius 3 is 2.90 bits per heavy atom. The molecule has 2 heterocycles. The summed E-state index contributed by atoms with van der Waals surface area (Å²) in [5, 5.41) is 9.58. The SMILES string of the molecule is O=C(O)[C@@H]1COCCN1C(=O)c1cc2cc(F)ccc2o1. The largest absolute Gasteiger partial charge is 0.480 e. The Kier molecular flexibility index (Phi) is 3.34. The topological polar surface area (TPSA) is 80.0 Å². The summed E-state index contributed by atoms with van der Waals surface area (Å²) in [5.74, 6) is -2.12. The fraction of sp³-hybridized carbons (Fsp3) is 0.286. The number of hydrogen-bond donors (Lipinski definition) is 1. The van der Waals surface area contributed by atoms with Crippen molar-refractivity contribution in [2.45, 2.75) is 6.04 Å². The summed E-state index contributed by atoms with van der Waals surface area (Å²) in [6.45, 7) is 0.377. The van der Waals surface area contributed by atoms with Crippen LogP contribution in [0.5, 0.6) is 0 Å². The van der Waals surface area contributed by atoms with Gasteiger partial charge in [0.05, 0.1) is 13.2 Å². The Bertz CT molecular complexity index is 710. The average molecular weight is 293 g/mol. The van der Waals surface area contributed by atoms with Gasteiger partial charge in [0.25, 0.3) is 5.91 Å². The van der Waals surface area contributed by atoms with E-state index in [0.29, 0.717) is 11.0 Å². The third kappa shape index (κ3) is 2.47. The van der Waals surface area contributed by atoms with Crippen molar-refractivity contribution in [1.82, 2.24) is 4.90 Å². The van der Waals surface area contributed by atoms with Gasteiger partial charge in [0.1, 0.15) is 11.4 Å². The molecule has 0 unspecified atom stereocenters. The monoisotopic (exact) mass is 293 g/mol. The highest BCUT2D eigenvalue weighted by molar-refractivity contribution is 5.98. The summed E-state index contributed by atoms with van der Waals surface area (Å²) in [6, 6.07) is 4.28. The van der Waals surface area contributed by atoms with E-state index in [1.54, 1.807) is 0 Å². The minimum Gasteiger partial charge on any atom is -0.480 e. The number of hydrogen-bond acceptors (Lipinski definition) is 4. The smallest absolute Gasteiger partial charge is 0.328 e. The van der Waals surface area contributed by atoms with Gasteiger partial charge in [-0.1, -0.05) is 0 Å². The molecular weight excluding hydrogens is 281 g/mol. The molecule has 0 bridgehead atoms. The minimum atomic E-state index is -1.13. The van der Waals surface area contributed by atoms with Crippen LogP contribution in [0.15, 0.2) is 28.7 Å². The summed E-state index contributed by atoms with van der Waals surface area (Å²) in [7, 11) is 0. The molecular formula is C14H12FNO5. The number of halogens is 1. The molecule has 1 aromatic heterocycles. The molecule has 0 spiro atoms. The summed E-state index contributed by atoms with van der Waals surface area (Å²) >= 11 is 0. The van der Waals surface area contributed by atoms with Crippen LogP contribution in [0.3, 0.4) is 0 Å². The van der Waals surface area contributed by atoms with Crippen molar-refractivity contribution < 1.29 is 28.2 Å². The molecule has 1 fully saturated rings. The van der Waals surface area contributed by atoms with Crippen LogP contribution in [-0.4, -0.2) is 47.7 Å². The Morgan fingerprint density at radius 2 is 2.14 bits per heavy atom. The summed E-state index contributed by atoms with van der Waals surface area (Å²) in [5.41, 5.74) is 0.375. The van der Waals surface area contributed by atoms with E-state index in [-0.39, 0.29) is 25.5 Å². The van der Waals surface area contributed by atoms with Crippen molar-refractivity contribution >= 4 is 22.8 Å². The Morgan fingerprint density at radius 1 is 1.33 bits per heavy atom. The highest BCUT2D eigenvalue weighted by Gasteiger charge is 2.34. The lowest BCUT2D eigenvalue weighted by Gasteiger charge is -2.32. The molecule has 1 aromatic carbocycles. The van der Waals surface area contributed by atoms with Crippen LogP contribution in [0.25, 0.3) is 11.0 Å². The van der Waals surface area contributed by atoms with Crippen LogP contribution in [-0.2, 0) is 9.53 Å². The van der Waals surface area contributed by atoms with E-state index in [4.69, 9.17) is 14.3 Å². The number of amides is 1. The molecule has 0 aliphatic carbocycles. The van der Waals surface area contributed by atoms with E-state index in [1.807, 2.05) is 0 Å². The zero-order chi connectivity index (χ0) is 15.0. The van der Waals surface area contributed by atoms with Gasteiger partial charge in [-0.3, -0.25) is 4.79 Å². The molecule has 0 radical (unpaired) electrons. The third-order valence-corrected chi connectivity index (χ3v) is 3.36. The van der Waals surface area contributed by atoms with Gasteiger partial charge in [-0.15, -0.1) is 0 Å². The van der Waals surface area contributed by atoms with Gasteiger partial charge in [-0.05, 0) is 24.3 Å². The highest BCUT2D eigenvalue weighted by atomic mass is 19.1. The Hall–Kier alpha value is -2.41. The molecule has 6 nitrogen and oxygen atoms in total. The normalized spacial score (nSPS) is 18.9. The van der Waals surface area contributed by atoms with Crippen molar-refractivity contribution in [3.05, 3.63) is 35.8 Å². The second-order valence-electron chi connectivity index (χ2n) is 4.72. The van der Waals surface area contributed by atoms with Gasteiger partial charge in [0.15, 0.2) is 11.8 Å². The lowest BCUT2D eigenvalue weighted by molar-refractivity contribution is -0.147. The van der Waals surface area contributed by atoms with E-state index < -0.39 is 23.7 Å². The van der Waals surface area contributed by atoms with Gasteiger partial charge < -0.3 is 19.2 Å². The predicted molar refractivity (Wildman–Crippen MR) is 69.5 cm³/mol. The first-order valence-electron chi connectivity index (χ1n) is 6.37. The standard InChI is InChI=1S/C14H12FNO5/c15-9-1-2-11-8(5-9)6-12(21-11)13(17)16-3-4-20-7-10(16)14(18)19/h1-2,5-6,10H,3-4,7H2,(H,18,19)/t10-/m0/s1. The first kappa shape index (κ1) is 13.6. The van der Waals surface area contributed by atoms with Crippen molar-refractivity contribution in [3.8, 4) is 0 Å². The Labute approximate surface area is 118 Å². The molecule has 1 aliphatic rings. The molecule has 1 amide bonds. The minimum absolute atomic E-state index is 0.0104. The van der Waals surface area contributed by atoms with E-state index in [1.165, 1.54) is 29.2 Å². The summed E-state index contributed by atoms with van der Waals surface area (Å²) in [4.78, 5) is 24.7. The van der Waals surface area contributed by atoms with Crippen molar-refractivity contribution in [2.75, 3.05) is 19.8 Å². The maximum atomic E-state index is 13.1. The fourth-order valence-electron chi connectivity index (χ4n) is 2.31. The highest BCUT2D eigenvalue weighted by Crippen LogP contribution is 2.22. The number of morpholine rings is 1. The zero-order valence-corrected chi connectivity index (χ0v) is 10.9. The third-order valence-electron chi connectivity index (χ3n) is 3.36. The molecule has 21 heavy (non-hydrogen) atoms. The van der Waals surface area contributed by atoms with E-state index >= 15 is 0 Å². The summed E-state index contributed by atoms with van der Waals surface area (Å²) < 4.78 is 23.6. The van der Waals surface area contributed by atoms with E-state index in [0.717, 1.165) is 0 Å². The molecule has 1 saturated heterocycles. The van der Waals surface area contributed by atoms with Gasteiger partial charge in [-0.2, -0.15) is 0 Å². The first-order chi connectivity index (χ1) is 10.1. The number of rotatable bonds is 2. The number of nitrogens with zero attached hydrogens (tertiary/aromatic N) is 1. The molecule has 2 aromatic rings. The number of carbonyl (C=O) groups is 2. The second kappa shape index (κ2) is 5.17. The lowest BCUT2D eigenvalue weighted by atomic mass is 10.2. The molecule has 1 atom stereocenters. The Balaban J connectivity index is 1.93. The average Bonchev–Trinajstić information content (AvgIpc) is 2.89. The van der Waals surface area contributed by atoms with E-state index in [2.05, 4.69) is 0 Å². The number of fused-ring (bicyclic) bond motifs is 1. The number of carboxylic acids is 1. The van der Waals surface area contributed by atoms with E-state index in [9.17, 15) is 14.0 Å². The molecule has 0 saturated carbocycles.